The summed E-state index contributed by atoms with van der Waals surface area (Å²) in [7, 11) is -1.85. The van der Waals surface area contributed by atoms with Gasteiger partial charge in [-0.05, 0) is 42.8 Å². The molecule has 3 heterocycles. The number of pyridine rings is 1. The molecule has 0 fully saturated rings. The Hall–Kier alpha value is -3.68. The molecule has 0 unspecified atom stereocenters. The molecule has 4 rings (SSSR count). The first kappa shape index (κ1) is 30.3. The van der Waals surface area contributed by atoms with Crippen LogP contribution in [0.25, 0.3) is 17.0 Å². The maximum Gasteiger partial charge on any atom is 0.274 e. The van der Waals surface area contributed by atoms with E-state index >= 15 is 0 Å². The third-order valence-corrected chi connectivity index (χ3v) is 11.8. The zero-order valence-corrected chi connectivity index (χ0v) is 24.9. The van der Waals surface area contributed by atoms with Gasteiger partial charge in [0.05, 0.1) is 19.2 Å². The van der Waals surface area contributed by atoms with Crippen LogP contribution >= 0.6 is 0 Å². The summed E-state index contributed by atoms with van der Waals surface area (Å²) in [6.45, 7) is 13.7. The number of carbonyl (C=O) groups excluding carboxylic acids is 1. The van der Waals surface area contributed by atoms with E-state index in [0.717, 1.165) is 5.56 Å². The van der Waals surface area contributed by atoms with Crippen LogP contribution in [0.3, 0.4) is 0 Å². The van der Waals surface area contributed by atoms with Crippen LogP contribution in [0.4, 0.5) is 14.5 Å². The number of anilines is 1. The molecule has 10 nitrogen and oxygen atoms in total. The predicted molar refractivity (Wildman–Crippen MR) is 152 cm³/mol. The summed E-state index contributed by atoms with van der Waals surface area (Å²) < 4.78 is 43.9. The first-order valence-electron chi connectivity index (χ1n) is 13.2. The molecule has 1 aromatic carbocycles. The van der Waals surface area contributed by atoms with Gasteiger partial charge in [-0.2, -0.15) is 4.98 Å². The molecule has 0 saturated carbocycles. The highest BCUT2D eigenvalue weighted by Crippen LogP contribution is 2.36. The number of aliphatic hydroxyl groups is 1. The molecular formula is C28H35F2N5O5Si. The summed E-state index contributed by atoms with van der Waals surface area (Å²) in [5.41, 5.74) is 2.66. The van der Waals surface area contributed by atoms with Gasteiger partial charge in [0, 0.05) is 23.5 Å². The lowest BCUT2D eigenvalue weighted by Gasteiger charge is -2.36. The van der Waals surface area contributed by atoms with E-state index in [4.69, 9.17) is 13.7 Å². The molecule has 0 aliphatic carbocycles. The van der Waals surface area contributed by atoms with E-state index in [1.54, 1.807) is 40.9 Å². The largest absolute Gasteiger partial charge is 0.491 e. The summed E-state index contributed by atoms with van der Waals surface area (Å²) in [6, 6.07) is 8.67. The van der Waals surface area contributed by atoms with E-state index in [1.165, 1.54) is 6.20 Å². The first-order valence-corrected chi connectivity index (χ1v) is 16.1. The molecule has 0 radical (unpaired) electrons. The topological polar surface area (TPSA) is 124 Å². The highest BCUT2D eigenvalue weighted by molar-refractivity contribution is 6.74. The zero-order chi connectivity index (χ0) is 29.9. The Balaban J connectivity index is 1.42. The van der Waals surface area contributed by atoms with Crippen molar-refractivity contribution in [2.75, 3.05) is 18.5 Å². The molecule has 1 atom stereocenters. The average molecular weight is 588 g/mol. The van der Waals surface area contributed by atoms with Crippen LogP contribution in [0.1, 0.15) is 42.7 Å². The quantitative estimate of drug-likeness (QED) is 0.174. The number of hydrogen-bond donors (Lipinski definition) is 2. The monoisotopic (exact) mass is 587 g/mol. The second-order valence-electron chi connectivity index (χ2n) is 11.3. The van der Waals surface area contributed by atoms with Crippen LogP contribution in [-0.4, -0.2) is 64.6 Å². The van der Waals surface area contributed by atoms with Gasteiger partial charge in [0.2, 0.25) is 11.7 Å². The van der Waals surface area contributed by atoms with Crippen molar-refractivity contribution < 1.29 is 32.4 Å². The molecule has 0 aliphatic rings. The molecule has 13 heteroatoms. The lowest BCUT2D eigenvalue weighted by molar-refractivity contribution is -0.00754. The number of aliphatic hydroxyl groups excluding tert-OH is 1. The van der Waals surface area contributed by atoms with E-state index in [9.17, 15) is 18.7 Å². The highest BCUT2D eigenvalue weighted by Gasteiger charge is 2.36. The number of halogens is 2. The molecule has 220 valence electrons. The van der Waals surface area contributed by atoms with Crippen molar-refractivity contribution >= 4 is 25.6 Å². The Labute approximate surface area is 237 Å². The van der Waals surface area contributed by atoms with Crippen molar-refractivity contribution in [3.05, 3.63) is 59.9 Å². The Bertz CT molecular complexity index is 1520. The predicted octanol–water partition coefficient (Wildman–Crippen LogP) is 5.51. The molecular weight excluding hydrogens is 552 g/mol. The molecule has 0 bridgehead atoms. The number of benzene rings is 1. The fourth-order valence-corrected chi connectivity index (χ4v) is 4.72. The standard InChI is InChI=1S/C28H35F2N5O5Si/c1-17-7-8-18(26-33-24(40-34-26)15-22(36)25(29)30)13-20(17)32-27(37)21-16-31-23-14-19(9-10-35(21)23)38-11-12-39-41(5,6)28(2,3)4/h7-10,13-14,16,22,25,36H,11-12,15H2,1-6H3,(H,32,37)/t22-/m0/s1. The minimum Gasteiger partial charge on any atom is -0.491 e. The van der Waals surface area contributed by atoms with Crippen LogP contribution < -0.4 is 10.1 Å². The number of fused-ring (bicyclic) bond motifs is 1. The Morgan fingerprint density at radius 1 is 1.20 bits per heavy atom. The fraction of sp³-hybridized carbons (Fsp3) is 0.429. The minimum absolute atomic E-state index is 0.115. The molecule has 41 heavy (non-hydrogen) atoms. The van der Waals surface area contributed by atoms with Crippen molar-refractivity contribution in [3.8, 4) is 17.1 Å². The van der Waals surface area contributed by atoms with Crippen LogP contribution in [0.2, 0.25) is 18.1 Å². The maximum absolute atomic E-state index is 13.2. The second-order valence-corrected chi connectivity index (χ2v) is 16.1. The third kappa shape index (κ3) is 7.15. The minimum atomic E-state index is -2.92. The van der Waals surface area contributed by atoms with Gasteiger partial charge in [-0.15, -0.1) is 0 Å². The van der Waals surface area contributed by atoms with Gasteiger partial charge < -0.3 is 24.1 Å². The van der Waals surface area contributed by atoms with E-state index in [-0.39, 0.29) is 22.7 Å². The first-order chi connectivity index (χ1) is 19.2. The Morgan fingerprint density at radius 2 is 1.95 bits per heavy atom. The number of rotatable bonds is 11. The number of ether oxygens (including phenoxy) is 1. The van der Waals surface area contributed by atoms with Crippen molar-refractivity contribution in [1.82, 2.24) is 19.5 Å². The Kier molecular flexibility index (Phi) is 8.90. The molecule has 3 aromatic heterocycles. The van der Waals surface area contributed by atoms with Crippen molar-refractivity contribution in [2.24, 2.45) is 0 Å². The molecule has 1 amide bonds. The number of aromatic nitrogens is 4. The normalized spacial score (nSPS) is 13.1. The van der Waals surface area contributed by atoms with E-state index in [2.05, 4.69) is 54.3 Å². The number of alkyl halides is 2. The number of aryl methyl sites for hydroxylation is 1. The summed E-state index contributed by atoms with van der Waals surface area (Å²) in [6.07, 6.45) is -2.08. The summed E-state index contributed by atoms with van der Waals surface area (Å²) >= 11 is 0. The second kappa shape index (κ2) is 12.0. The zero-order valence-electron chi connectivity index (χ0n) is 23.9. The molecule has 2 N–H and O–H groups in total. The van der Waals surface area contributed by atoms with Crippen molar-refractivity contribution in [1.29, 1.82) is 0 Å². The summed E-state index contributed by atoms with van der Waals surface area (Å²) in [5, 5.41) is 16.2. The maximum atomic E-state index is 13.2. The molecule has 0 aliphatic heterocycles. The van der Waals surface area contributed by atoms with E-state index < -0.39 is 27.3 Å². The van der Waals surface area contributed by atoms with Gasteiger partial charge >= 0.3 is 0 Å². The third-order valence-electron chi connectivity index (χ3n) is 7.23. The summed E-state index contributed by atoms with van der Waals surface area (Å²) in [4.78, 5) is 21.6. The van der Waals surface area contributed by atoms with Crippen LogP contribution in [0.5, 0.6) is 5.75 Å². The van der Waals surface area contributed by atoms with Gasteiger partial charge in [0.25, 0.3) is 12.3 Å². The molecule has 0 saturated heterocycles. The smallest absolute Gasteiger partial charge is 0.274 e. The van der Waals surface area contributed by atoms with Crippen LogP contribution in [0, 0.1) is 6.92 Å². The van der Waals surface area contributed by atoms with Crippen LogP contribution in [-0.2, 0) is 10.8 Å². The van der Waals surface area contributed by atoms with Crippen molar-refractivity contribution in [2.45, 2.75) is 64.8 Å². The SMILES string of the molecule is Cc1ccc(-c2noc(C[C@H](O)C(F)F)n2)cc1NC(=O)c1cnc2cc(OCCO[Si](C)(C)C(C)(C)C)ccn12. The lowest BCUT2D eigenvalue weighted by atomic mass is 10.1. The van der Waals surface area contributed by atoms with Crippen LogP contribution in [0.15, 0.2) is 47.2 Å². The fourth-order valence-electron chi connectivity index (χ4n) is 3.70. The Morgan fingerprint density at radius 3 is 2.66 bits per heavy atom. The number of nitrogens with one attached hydrogen (secondary N) is 1. The number of carbonyl (C=O) groups is 1. The van der Waals surface area contributed by atoms with Gasteiger partial charge in [-0.1, -0.05) is 38.1 Å². The molecule has 4 aromatic rings. The number of imidazole rings is 1. The number of nitrogens with zero attached hydrogens (tertiary/aromatic N) is 4. The average Bonchev–Trinajstić information content (AvgIpc) is 3.54. The van der Waals surface area contributed by atoms with Crippen molar-refractivity contribution in [3.63, 3.8) is 0 Å². The highest BCUT2D eigenvalue weighted by atomic mass is 28.4. The van der Waals surface area contributed by atoms with E-state index in [1.807, 2.05) is 6.92 Å². The number of amides is 1. The number of hydrogen-bond acceptors (Lipinski definition) is 8. The van der Waals surface area contributed by atoms with Gasteiger partial charge in [0.15, 0.2) is 8.32 Å². The van der Waals surface area contributed by atoms with Gasteiger partial charge in [-0.25, -0.2) is 13.8 Å². The lowest BCUT2D eigenvalue weighted by Crippen LogP contribution is -2.41. The van der Waals surface area contributed by atoms with Gasteiger partial charge in [-0.3, -0.25) is 9.20 Å². The van der Waals surface area contributed by atoms with E-state index in [0.29, 0.717) is 41.6 Å². The van der Waals surface area contributed by atoms with Gasteiger partial charge in [0.1, 0.15) is 29.8 Å². The summed E-state index contributed by atoms with van der Waals surface area (Å²) in [5.74, 6) is 0.270. The molecule has 0 spiro atoms.